The van der Waals surface area contributed by atoms with E-state index in [0.717, 1.165) is 24.6 Å². The first-order chi connectivity index (χ1) is 9.81. The van der Waals surface area contributed by atoms with Gasteiger partial charge in [0.2, 0.25) is 0 Å². The van der Waals surface area contributed by atoms with Crippen molar-refractivity contribution in [2.75, 3.05) is 6.54 Å². The molecule has 106 valence electrons. The largest absolute Gasteiger partial charge is 0.360 e. The van der Waals surface area contributed by atoms with E-state index < -0.39 is 0 Å². The van der Waals surface area contributed by atoms with Gasteiger partial charge in [0.05, 0.1) is 6.54 Å². The van der Waals surface area contributed by atoms with Crippen molar-refractivity contribution in [1.29, 1.82) is 0 Å². The van der Waals surface area contributed by atoms with Gasteiger partial charge in [-0.25, -0.2) is 0 Å². The van der Waals surface area contributed by atoms with E-state index >= 15 is 0 Å². The van der Waals surface area contributed by atoms with Gasteiger partial charge in [0.1, 0.15) is 0 Å². The molecular weight excluding hydrogens is 304 g/mol. The second-order valence-electron chi connectivity index (χ2n) is 5.05. The van der Waals surface area contributed by atoms with Crippen molar-refractivity contribution < 1.29 is 0 Å². The minimum absolute atomic E-state index is 0.620. The molecule has 5 heteroatoms. The van der Waals surface area contributed by atoms with E-state index in [-0.39, 0.29) is 0 Å². The van der Waals surface area contributed by atoms with E-state index in [4.69, 9.17) is 12.2 Å². The van der Waals surface area contributed by atoms with Gasteiger partial charge in [-0.05, 0) is 54.4 Å². The molecule has 0 spiro atoms. The number of hydrogen-bond acceptors (Lipinski definition) is 3. The normalized spacial score (nSPS) is 14.2. The second-order valence-corrected chi connectivity index (χ2v) is 7.51. The quantitative estimate of drug-likeness (QED) is 0.812. The highest BCUT2D eigenvalue weighted by Crippen LogP contribution is 2.20. The number of rotatable bonds is 6. The van der Waals surface area contributed by atoms with E-state index in [1.165, 1.54) is 22.6 Å². The van der Waals surface area contributed by atoms with Gasteiger partial charge in [-0.2, -0.15) is 0 Å². The summed E-state index contributed by atoms with van der Waals surface area (Å²) in [4.78, 5) is 5.10. The molecule has 0 unspecified atom stereocenters. The van der Waals surface area contributed by atoms with E-state index in [9.17, 15) is 0 Å². The Balaban J connectivity index is 1.60. The second kappa shape index (κ2) is 6.70. The Hall–Kier alpha value is -0.910. The number of nitrogens with zero attached hydrogens (tertiary/aromatic N) is 1. The molecule has 0 saturated heterocycles. The van der Waals surface area contributed by atoms with Gasteiger partial charge < -0.3 is 10.2 Å². The van der Waals surface area contributed by atoms with Crippen molar-refractivity contribution in [3.63, 3.8) is 0 Å². The Morgan fingerprint density at radius 3 is 2.50 bits per heavy atom. The lowest BCUT2D eigenvalue weighted by Crippen LogP contribution is -2.41. The summed E-state index contributed by atoms with van der Waals surface area (Å²) in [7, 11) is 0. The summed E-state index contributed by atoms with van der Waals surface area (Å²) >= 11 is 9.21. The predicted molar refractivity (Wildman–Crippen MR) is 91.5 cm³/mol. The van der Waals surface area contributed by atoms with E-state index in [0.29, 0.717) is 6.04 Å². The molecule has 2 aromatic rings. The molecule has 0 atom stereocenters. The third-order valence-electron chi connectivity index (χ3n) is 3.33. The number of hydrogen-bond donors (Lipinski definition) is 1. The summed E-state index contributed by atoms with van der Waals surface area (Å²) < 4.78 is 0. The first kappa shape index (κ1) is 14.0. The van der Waals surface area contributed by atoms with Crippen LogP contribution in [0.5, 0.6) is 0 Å². The number of thiocarbonyl (C=S) groups is 1. The maximum atomic E-state index is 5.58. The van der Waals surface area contributed by atoms with Crippen LogP contribution in [-0.4, -0.2) is 22.6 Å². The molecule has 0 aromatic carbocycles. The first-order valence-electron chi connectivity index (χ1n) is 6.91. The molecule has 0 amide bonds. The summed E-state index contributed by atoms with van der Waals surface area (Å²) in [5, 5.41) is 8.64. The van der Waals surface area contributed by atoms with Crippen LogP contribution >= 0.6 is 34.9 Å². The molecule has 1 aliphatic carbocycles. The topological polar surface area (TPSA) is 15.3 Å². The van der Waals surface area contributed by atoms with Gasteiger partial charge >= 0.3 is 0 Å². The summed E-state index contributed by atoms with van der Waals surface area (Å²) in [6, 6.07) is 9.22. The van der Waals surface area contributed by atoms with Crippen molar-refractivity contribution in [3.8, 4) is 0 Å². The van der Waals surface area contributed by atoms with E-state index in [2.05, 4.69) is 45.2 Å². The summed E-state index contributed by atoms with van der Waals surface area (Å²) in [5.41, 5.74) is 0. The van der Waals surface area contributed by atoms with Gasteiger partial charge in [0.25, 0.3) is 0 Å². The molecule has 1 N–H and O–H groups in total. The third kappa shape index (κ3) is 4.04. The fraction of sp³-hybridized carbons (Fsp3) is 0.400. The highest BCUT2D eigenvalue weighted by Gasteiger charge is 2.24. The van der Waals surface area contributed by atoms with Gasteiger partial charge in [0, 0.05) is 22.3 Å². The predicted octanol–water partition coefficient (Wildman–Crippen LogP) is 3.89. The van der Waals surface area contributed by atoms with Crippen molar-refractivity contribution in [1.82, 2.24) is 10.2 Å². The average Bonchev–Trinajstić information content (AvgIpc) is 2.95. The minimum Gasteiger partial charge on any atom is -0.360 e. The highest BCUT2D eigenvalue weighted by atomic mass is 32.1. The van der Waals surface area contributed by atoms with Crippen LogP contribution in [0.3, 0.4) is 0 Å². The monoisotopic (exact) mass is 322 g/mol. The van der Waals surface area contributed by atoms with Crippen LogP contribution in [-0.2, 0) is 13.0 Å². The van der Waals surface area contributed by atoms with Crippen LogP contribution in [0.1, 0.15) is 22.6 Å². The van der Waals surface area contributed by atoms with Crippen molar-refractivity contribution in [2.45, 2.75) is 31.8 Å². The highest BCUT2D eigenvalue weighted by molar-refractivity contribution is 7.80. The SMILES string of the molecule is S=C(NC1CC1)N(CCc1cccs1)Cc1cccs1. The minimum atomic E-state index is 0.620. The van der Waals surface area contributed by atoms with Gasteiger partial charge in [-0.1, -0.05) is 12.1 Å². The summed E-state index contributed by atoms with van der Waals surface area (Å²) in [6.45, 7) is 1.90. The third-order valence-corrected chi connectivity index (χ3v) is 5.50. The van der Waals surface area contributed by atoms with Crippen molar-refractivity contribution in [3.05, 3.63) is 44.8 Å². The molecule has 0 aliphatic heterocycles. The van der Waals surface area contributed by atoms with E-state index in [1.807, 2.05) is 11.3 Å². The van der Waals surface area contributed by atoms with Crippen LogP contribution in [0.15, 0.2) is 35.0 Å². The molecule has 1 aliphatic rings. The van der Waals surface area contributed by atoms with Gasteiger partial charge in [0.15, 0.2) is 5.11 Å². The van der Waals surface area contributed by atoms with Gasteiger partial charge in [-0.15, -0.1) is 22.7 Å². The lowest BCUT2D eigenvalue weighted by molar-refractivity contribution is 0.413. The molecule has 2 aromatic heterocycles. The molecule has 1 fully saturated rings. The van der Waals surface area contributed by atoms with Crippen LogP contribution in [0, 0.1) is 0 Å². The van der Waals surface area contributed by atoms with Crippen molar-refractivity contribution in [2.24, 2.45) is 0 Å². The zero-order valence-corrected chi connectivity index (χ0v) is 13.7. The fourth-order valence-electron chi connectivity index (χ4n) is 2.04. The Morgan fingerprint density at radius 1 is 1.20 bits per heavy atom. The number of thiophene rings is 2. The number of nitrogens with one attached hydrogen (secondary N) is 1. The molecule has 3 rings (SSSR count). The summed E-state index contributed by atoms with van der Waals surface area (Å²) in [6.07, 6.45) is 3.59. The lowest BCUT2D eigenvalue weighted by atomic mass is 10.3. The standard InChI is InChI=1S/C15H18N2S3/c18-15(16-12-5-6-12)17(11-14-4-2-10-20-14)8-7-13-3-1-9-19-13/h1-4,9-10,12H,5-8,11H2,(H,16,18). The van der Waals surface area contributed by atoms with Gasteiger partial charge in [-0.3, -0.25) is 0 Å². The Kier molecular flexibility index (Phi) is 4.70. The van der Waals surface area contributed by atoms with Crippen LogP contribution < -0.4 is 5.32 Å². The Bertz CT molecular complexity index is 529. The molecule has 0 radical (unpaired) electrons. The zero-order chi connectivity index (χ0) is 13.8. The zero-order valence-electron chi connectivity index (χ0n) is 11.2. The molecule has 1 saturated carbocycles. The molecule has 2 nitrogen and oxygen atoms in total. The van der Waals surface area contributed by atoms with Crippen LogP contribution in [0.4, 0.5) is 0 Å². The lowest BCUT2D eigenvalue weighted by Gasteiger charge is -2.25. The maximum Gasteiger partial charge on any atom is 0.169 e. The first-order valence-corrected chi connectivity index (χ1v) is 9.08. The van der Waals surface area contributed by atoms with Crippen LogP contribution in [0.25, 0.3) is 0 Å². The van der Waals surface area contributed by atoms with Crippen molar-refractivity contribution >= 4 is 40.0 Å². The smallest absolute Gasteiger partial charge is 0.169 e. The molecular formula is C15H18N2S3. The fourth-order valence-corrected chi connectivity index (χ4v) is 3.78. The average molecular weight is 323 g/mol. The molecule has 20 heavy (non-hydrogen) atoms. The Labute approximate surface area is 133 Å². The maximum absolute atomic E-state index is 5.58. The van der Waals surface area contributed by atoms with E-state index in [1.54, 1.807) is 11.3 Å². The molecule has 2 heterocycles. The van der Waals surface area contributed by atoms with Crippen LogP contribution in [0.2, 0.25) is 0 Å². The Morgan fingerprint density at radius 2 is 1.90 bits per heavy atom. The molecule has 0 bridgehead atoms. The summed E-state index contributed by atoms with van der Waals surface area (Å²) in [5.74, 6) is 0.